The Morgan fingerprint density at radius 3 is 2.28 bits per heavy atom. The van der Waals surface area contributed by atoms with Crippen molar-refractivity contribution in [2.24, 2.45) is 0 Å². The maximum atomic E-state index is 12.9. The highest BCUT2D eigenvalue weighted by Crippen LogP contribution is 2.32. The number of rotatable bonds is 6. The molecule has 1 aromatic heterocycles. The average molecular weight is 428 g/mol. The number of pyridine rings is 1. The number of methoxy groups -OCH3 is 2. The maximum Gasteiger partial charge on any atom is 0.343 e. The van der Waals surface area contributed by atoms with Crippen LogP contribution in [0.5, 0.6) is 17.2 Å². The molecule has 0 spiro atoms. The number of nitrogens with one attached hydrogen (secondary N) is 1. The van der Waals surface area contributed by atoms with Gasteiger partial charge in [0, 0.05) is 17.1 Å². The van der Waals surface area contributed by atoms with E-state index in [0.29, 0.717) is 45.0 Å². The zero-order valence-electron chi connectivity index (χ0n) is 17.5. The van der Waals surface area contributed by atoms with Gasteiger partial charge in [-0.25, -0.2) is 4.79 Å². The van der Waals surface area contributed by atoms with E-state index in [0.717, 1.165) is 0 Å². The molecule has 4 rings (SSSR count). The third-order valence-corrected chi connectivity index (χ3v) is 4.84. The Labute approximate surface area is 184 Å². The first kappa shape index (κ1) is 20.9. The first-order chi connectivity index (χ1) is 15.6. The number of carbonyl (C=O) groups excluding carboxylic acids is 2. The second kappa shape index (κ2) is 9.18. The van der Waals surface area contributed by atoms with Crippen LogP contribution in [-0.2, 0) is 0 Å². The second-order valence-corrected chi connectivity index (χ2v) is 6.79. The molecular formula is C25H20N2O5. The lowest BCUT2D eigenvalue weighted by Crippen LogP contribution is -2.13. The Morgan fingerprint density at radius 2 is 1.53 bits per heavy atom. The van der Waals surface area contributed by atoms with Crippen LogP contribution in [0.1, 0.15) is 20.7 Å². The number of nitrogens with zero attached hydrogens (tertiary/aromatic N) is 1. The highest BCUT2D eigenvalue weighted by atomic mass is 16.5. The SMILES string of the molecule is COc1ccc(C(=O)Nc2ccc(OC(=O)c3ccccc3)c3cccnc23)cc1OC. The van der Waals surface area contributed by atoms with Gasteiger partial charge >= 0.3 is 5.97 Å². The van der Waals surface area contributed by atoms with Crippen molar-refractivity contribution in [2.75, 3.05) is 19.5 Å². The molecule has 0 aliphatic heterocycles. The third kappa shape index (κ3) is 4.22. The number of fused-ring (bicyclic) bond motifs is 1. The molecule has 1 amide bonds. The molecule has 7 nitrogen and oxygen atoms in total. The van der Waals surface area contributed by atoms with Gasteiger partial charge in [-0.15, -0.1) is 0 Å². The molecular weight excluding hydrogens is 408 g/mol. The summed E-state index contributed by atoms with van der Waals surface area (Å²) in [4.78, 5) is 29.7. The van der Waals surface area contributed by atoms with Crippen molar-refractivity contribution in [3.8, 4) is 17.2 Å². The number of ether oxygens (including phenoxy) is 3. The van der Waals surface area contributed by atoms with E-state index in [1.165, 1.54) is 14.2 Å². The molecule has 7 heteroatoms. The highest BCUT2D eigenvalue weighted by Gasteiger charge is 2.16. The van der Waals surface area contributed by atoms with E-state index in [1.54, 1.807) is 72.9 Å². The van der Waals surface area contributed by atoms with Crippen molar-refractivity contribution in [1.29, 1.82) is 0 Å². The van der Waals surface area contributed by atoms with Gasteiger partial charge in [-0.2, -0.15) is 0 Å². The average Bonchev–Trinajstić information content (AvgIpc) is 2.85. The summed E-state index contributed by atoms with van der Waals surface area (Å²) in [6, 6.07) is 20.4. The van der Waals surface area contributed by atoms with Crippen molar-refractivity contribution in [3.05, 3.63) is 90.1 Å². The lowest BCUT2D eigenvalue weighted by atomic mass is 10.1. The number of hydrogen-bond acceptors (Lipinski definition) is 6. The largest absolute Gasteiger partial charge is 0.493 e. The standard InChI is InChI=1S/C25H20N2O5/c1-30-21-12-10-17(15-22(21)31-2)24(28)27-19-11-13-20(18-9-6-14-26-23(18)19)32-25(29)16-7-4-3-5-8-16/h3-15H,1-2H3,(H,27,28). The highest BCUT2D eigenvalue weighted by molar-refractivity contribution is 6.09. The first-order valence-electron chi connectivity index (χ1n) is 9.79. The van der Waals surface area contributed by atoms with Crippen molar-refractivity contribution < 1.29 is 23.8 Å². The summed E-state index contributed by atoms with van der Waals surface area (Å²) in [5.74, 6) is 0.517. The van der Waals surface area contributed by atoms with E-state index in [1.807, 2.05) is 6.07 Å². The molecule has 3 aromatic carbocycles. The minimum Gasteiger partial charge on any atom is -0.493 e. The molecule has 0 unspecified atom stereocenters. The van der Waals surface area contributed by atoms with E-state index in [2.05, 4.69) is 10.3 Å². The zero-order valence-corrected chi connectivity index (χ0v) is 17.5. The summed E-state index contributed by atoms with van der Waals surface area (Å²) < 4.78 is 16.1. The molecule has 0 atom stereocenters. The fraction of sp³-hybridized carbons (Fsp3) is 0.0800. The quantitative estimate of drug-likeness (QED) is 0.353. The molecule has 32 heavy (non-hydrogen) atoms. The van der Waals surface area contributed by atoms with Gasteiger partial charge in [-0.1, -0.05) is 18.2 Å². The normalized spacial score (nSPS) is 10.4. The van der Waals surface area contributed by atoms with Gasteiger partial charge in [0.25, 0.3) is 5.91 Å². The molecule has 0 saturated heterocycles. The zero-order chi connectivity index (χ0) is 22.5. The Bertz CT molecular complexity index is 1290. The van der Waals surface area contributed by atoms with Crippen LogP contribution in [0.3, 0.4) is 0 Å². The summed E-state index contributed by atoms with van der Waals surface area (Å²) >= 11 is 0. The van der Waals surface area contributed by atoms with E-state index in [9.17, 15) is 9.59 Å². The fourth-order valence-electron chi connectivity index (χ4n) is 3.24. The minimum atomic E-state index is -0.474. The van der Waals surface area contributed by atoms with E-state index >= 15 is 0 Å². The van der Waals surface area contributed by atoms with Crippen LogP contribution in [0.4, 0.5) is 5.69 Å². The fourth-order valence-corrected chi connectivity index (χ4v) is 3.24. The Hall–Kier alpha value is -4.39. The molecule has 0 saturated carbocycles. The smallest absolute Gasteiger partial charge is 0.343 e. The number of aromatic nitrogens is 1. The predicted molar refractivity (Wildman–Crippen MR) is 121 cm³/mol. The van der Waals surface area contributed by atoms with Crippen LogP contribution in [0.25, 0.3) is 10.9 Å². The number of esters is 1. The number of benzene rings is 3. The Balaban J connectivity index is 1.63. The molecule has 0 radical (unpaired) electrons. The molecule has 1 N–H and O–H groups in total. The lowest BCUT2D eigenvalue weighted by Gasteiger charge is -2.13. The molecule has 0 aliphatic carbocycles. The van der Waals surface area contributed by atoms with Gasteiger partial charge in [-0.05, 0) is 54.6 Å². The van der Waals surface area contributed by atoms with E-state index in [-0.39, 0.29) is 5.91 Å². The third-order valence-electron chi connectivity index (χ3n) is 4.84. The molecule has 1 heterocycles. The molecule has 4 aromatic rings. The van der Waals surface area contributed by atoms with Crippen LogP contribution in [0.15, 0.2) is 79.0 Å². The summed E-state index contributed by atoms with van der Waals surface area (Å²) in [5, 5.41) is 3.46. The Kier molecular flexibility index (Phi) is 5.98. The molecule has 0 fully saturated rings. The monoisotopic (exact) mass is 428 g/mol. The number of hydrogen-bond donors (Lipinski definition) is 1. The van der Waals surface area contributed by atoms with Gasteiger partial charge in [0.15, 0.2) is 11.5 Å². The van der Waals surface area contributed by atoms with Gasteiger partial charge in [0.05, 0.1) is 31.0 Å². The van der Waals surface area contributed by atoms with E-state index in [4.69, 9.17) is 14.2 Å². The van der Waals surface area contributed by atoms with Crippen LogP contribution >= 0.6 is 0 Å². The number of anilines is 1. The number of carbonyl (C=O) groups is 2. The van der Waals surface area contributed by atoms with Crippen molar-refractivity contribution in [2.45, 2.75) is 0 Å². The molecule has 0 bridgehead atoms. The Morgan fingerprint density at radius 1 is 0.781 bits per heavy atom. The summed E-state index contributed by atoms with van der Waals surface area (Å²) in [6.07, 6.45) is 1.61. The van der Waals surface area contributed by atoms with Gasteiger partial charge in [0.2, 0.25) is 0 Å². The summed E-state index contributed by atoms with van der Waals surface area (Å²) in [6.45, 7) is 0. The van der Waals surface area contributed by atoms with Crippen LogP contribution in [0, 0.1) is 0 Å². The topological polar surface area (TPSA) is 86.8 Å². The number of amides is 1. The van der Waals surface area contributed by atoms with Gasteiger partial charge < -0.3 is 19.5 Å². The van der Waals surface area contributed by atoms with Crippen molar-refractivity contribution in [1.82, 2.24) is 4.98 Å². The predicted octanol–water partition coefficient (Wildman–Crippen LogP) is 4.72. The first-order valence-corrected chi connectivity index (χ1v) is 9.79. The summed E-state index contributed by atoms with van der Waals surface area (Å²) in [7, 11) is 3.04. The van der Waals surface area contributed by atoms with Gasteiger partial charge in [0.1, 0.15) is 5.75 Å². The van der Waals surface area contributed by atoms with Crippen LogP contribution in [0.2, 0.25) is 0 Å². The molecule has 0 aliphatic rings. The van der Waals surface area contributed by atoms with Crippen LogP contribution in [-0.4, -0.2) is 31.1 Å². The lowest BCUT2D eigenvalue weighted by molar-refractivity contribution is 0.0737. The minimum absolute atomic E-state index is 0.341. The van der Waals surface area contributed by atoms with Crippen molar-refractivity contribution in [3.63, 3.8) is 0 Å². The second-order valence-electron chi connectivity index (χ2n) is 6.79. The summed E-state index contributed by atoms with van der Waals surface area (Å²) in [5.41, 5.74) is 1.82. The van der Waals surface area contributed by atoms with Gasteiger partial charge in [-0.3, -0.25) is 9.78 Å². The van der Waals surface area contributed by atoms with Crippen molar-refractivity contribution >= 4 is 28.5 Å². The van der Waals surface area contributed by atoms with Crippen LogP contribution < -0.4 is 19.5 Å². The molecule has 160 valence electrons. The van der Waals surface area contributed by atoms with E-state index < -0.39 is 5.97 Å². The maximum absolute atomic E-state index is 12.9.